The van der Waals surface area contributed by atoms with E-state index in [-0.39, 0.29) is 16.8 Å². The van der Waals surface area contributed by atoms with Crippen LogP contribution in [-0.2, 0) is 0 Å². The molecule has 0 aliphatic rings. The Balaban J connectivity index is 2.68. The summed E-state index contributed by atoms with van der Waals surface area (Å²) in [7, 11) is 0. The number of benzene rings is 1. The highest BCUT2D eigenvalue weighted by Crippen LogP contribution is 2.16. The van der Waals surface area contributed by atoms with Crippen molar-refractivity contribution >= 4 is 5.78 Å². The van der Waals surface area contributed by atoms with E-state index < -0.39 is 0 Å². The Kier molecular flexibility index (Phi) is 3.38. The molecule has 0 unspecified atom stereocenters. The molecule has 0 aliphatic heterocycles. The molecule has 1 heterocycles. The van der Waals surface area contributed by atoms with Crippen molar-refractivity contribution in [1.29, 1.82) is 0 Å². The van der Waals surface area contributed by atoms with Gasteiger partial charge in [0.25, 0.3) is 0 Å². The van der Waals surface area contributed by atoms with E-state index >= 15 is 0 Å². The molecular formula is C16H17NO2. The molecule has 0 saturated carbocycles. The van der Waals surface area contributed by atoms with Crippen LogP contribution in [0.4, 0.5) is 0 Å². The molecule has 2 aromatic rings. The molecule has 3 heteroatoms. The third kappa shape index (κ3) is 2.50. The van der Waals surface area contributed by atoms with Gasteiger partial charge in [0, 0.05) is 23.6 Å². The molecule has 1 aromatic heterocycles. The Bertz CT molecular complexity index is 711. The number of hydrogen-bond acceptors (Lipinski definition) is 2. The normalized spacial score (nSPS) is 10.5. The summed E-state index contributed by atoms with van der Waals surface area (Å²) in [5.41, 5.74) is 4.18. The second kappa shape index (κ2) is 4.84. The lowest BCUT2D eigenvalue weighted by Crippen LogP contribution is -2.17. The van der Waals surface area contributed by atoms with E-state index in [0.29, 0.717) is 0 Å². The van der Waals surface area contributed by atoms with Gasteiger partial charge in [-0.25, -0.2) is 0 Å². The fourth-order valence-electron chi connectivity index (χ4n) is 2.05. The lowest BCUT2D eigenvalue weighted by Gasteiger charge is -2.13. The van der Waals surface area contributed by atoms with Gasteiger partial charge in [-0.05, 0) is 51.0 Å². The number of carbonyl (C=O) groups is 1. The van der Waals surface area contributed by atoms with Gasteiger partial charge in [-0.3, -0.25) is 9.59 Å². The second-order valence-corrected chi connectivity index (χ2v) is 4.89. The summed E-state index contributed by atoms with van der Waals surface area (Å²) in [6, 6.07) is 7.59. The van der Waals surface area contributed by atoms with E-state index in [0.717, 1.165) is 11.4 Å². The lowest BCUT2D eigenvalue weighted by molar-refractivity contribution is 0.101. The van der Waals surface area contributed by atoms with Crippen molar-refractivity contribution in [3.8, 4) is 5.69 Å². The van der Waals surface area contributed by atoms with Gasteiger partial charge in [-0.2, -0.15) is 0 Å². The van der Waals surface area contributed by atoms with Crippen molar-refractivity contribution < 1.29 is 4.79 Å². The first kappa shape index (κ1) is 13.3. The Morgan fingerprint density at radius 3 is 2.32 bits per heavy atom. The summed E-state index contributed by atoms with van der Waals surface area (Å²) in [4.78, 5) is 23.2. The Labute approximate surface area is 112 Å². The summed E-state index contributed by atoms with van der Waals surface area (Å²) in [6.07, 6.45) is 1.63. The third-order valence-corrected chi connectivity index (χ3v) is 3.39. The number of ketones is 1. The minimum atomic E-state index is -0.218. The first-order valence-corrected chi connectivity index (χ1v) is 6.22. The minimum Gasteiger partial charge on any atom is -0.320 e. The number of hydrogen-bond donors (Lipinski definition) is 0. The average molecular weight is 255 g/mol. The molecule has 0 spiro atoms. The van der Waals surface area contributed by atoms with Crippen LogP contribution in [0.5, 0.6) is 0 Å². The van der Waals surface area contributed by atoms with Gasteiger partial charge in [0.05, 0.1) is 5.56 Å². The van der Waals surface area contributed by atoms with Crippen LogP contribution in [0.1, 0.15) is 34.1 Å². The van der Waals surface area contributed by atoms with Crippen molar-refractivity contribution in [3.63, 3.8) is 0 Å². The molecule has 0 amide bonds. The molecule has 0 N–H and O–H groups in total. The van der Waals surface area contributed by atoms with Crippen molar-refractivity contribution in [3.05, 3.63) is 63.1 Å². The Morgan fingerprint density at radius 1 is 1.05 bits per heavy atom. The van der Waals surface area contributed by atoms with Crippen LogP contribution in [-0.4, -0.2) is 10.4 Å². The lowest BCUT2D eigenvalue weighted by atomic mass is 10.1. The van der Waals surface area contributed by atoms with Gasteiger partial charge < -0.3 is 4.57 Å². The van der Waals surface area contributed by atoms with Crippen LogP contribution in [0.15, 0.2) is 35.3 Å². The van der Waals surface area contributed by atoms with E-state index in [1.165, 1.54) is 24.1 Å². The van der Waals surface area contributed by atoms with E-state index in [2.05, 4.69) is 13.0 Å². The van der Waals surface area contributed by atoms with Gasteiger partial charge in [0.15, 0.2) is 11.2 Å². The summed E-state index contributed by atoms with van der Waals surface area (Å²) in [5.74, 6) is -0.206. The van der Waals surface area contributed by atoms with Crippen LogP contribution in [0.3, 0.4) is 0 Å². The number of Topliss-reactive ketones (excluding diaryl/α,β-unsaturated/α-hetero) is 1. The van der Waals surface area contributed by atoms with Crippen molar-refractivity contribution in [2.45, 2.75) is 27.7 Å². The zero-order chi connectivity index (χ0) is 14.2. The smallest absolute Gasteiger partial charge is 0.192 e. The van der Waals surface area contributed by atoms with Crippen LogP contribution in [0.2, 0.25) is 0 Å². The molecule has 2 rings (SSSR count). The third-order valence-electron chi connectivity index (χ3n) is 3.39. The second-order valence-electron chi connectivity index (χ2n) is 4.89. The van der Waals surface area contributed by atoms with Crippen LogP contribution >= 0.6 is 0 Å². The summed E-state index contributed by atoms with van der Waals surface area (Å²) < 4.78 is 1.88. The van der Waals surface area contributed by atoms with Crippen molar-refractivity contribution in [1.82, 2.24) is 4.57 Å². The summed E-state index contributed by atoms with van der Waals surface area (Å²) >= 11 is 0. The molecular weight excluding hydrogens is 238 g/mol. The molecule has 0 bridgehead atoms. The molecule has 0 radical (unpaired) electrons. The maximum atomic E-state index is 11.8. The largest absolute Gasteiger partial charge is 0.320 e. The zero-order valence-corrected chi connectivity index (χ0v) is 11.7. The van der Waals surface area contributed by atoms with Gasteiger partial charge in [-0.15, -0.1) is 0 Å². The van der Waals surface area contributed by atoms with Crippen molar-refractivity contribution in [2.24, 2.45) is 0 Å². The fourth-order valence-corrected chi connectivity index (χ4v) is 2.05. The number of aromatic nitrogens is 1. The van der Waals surface area contributed by atoms with Crippen LogP contribution in [0, 0.1) is 20.8 Å². The predicted molar refractivity (Wildman–Crippen MR) is 76.3 cm³/mol. The number of pyridine rings is 1. The number of aryl methyl sites for hydroxylation is 3. The van der Waals surface area contributed by atoms with Crippen LogP contribution < -0.4 is 5.43 Å². The van der Waals surface area contributed by atoms with Crippen molar-refractivity contribution in [2.75, 3.05) is 0 Å². The Morgan fingerprint density at radius 2 is 1.74 bits per heavy atom. The van der Waals surface area contributed by atoms with Gasteiger partial charge in [0.1, 0.15) is 0 Å². The molecule has 1 aromatic carbocycles. The molecule has 0 saturated heterocycles. The Hall–Kier alpha value is -2.16. The first-order valence-electron chi connectivity index (χ1n) is 6.22. The van der Waals surface area contributed by atoms with Gasteiger partial charge in [0.2, 0.25) is 0 Å². The minimum absolute atomic E-state index is 0.206. The van der Waals surface area contributed by atoms with Gasteiger partial charge >= 0.3 is 0 Å². The number of carbonyl (C=O) groups excluding carboxylic acids is 1. The van der Waals surface area contributed by atoms with E-state index in [4.69, 9.17) is 0 Å². The average Bonchev–Trinajstić information content (AvgIpc) is 2.32. The highest BCUT2D eigenvalue weighted by atomic mass is 16.1. The van der Waals surface area contributed by atoms with E-state index in [9.17, 15) is 9.59 Å². The maximum Gasteiger partial charge on any atom is 0.192 e. The summed E-state index contributed by atoms with van der Waals surface area (Å²) in [6.45, 7) is 7.37. The highest BCUT2D eigenvalue weighted by molar-refractivity contribution is 5.93. The van der Waals surface area contributed by atoms with E-state index in [1.54, 1.807) is 6.20 Å². The zero-order valence-electron chi connectivity index (χ0n) is 11.7. The van der Waals surface area contributed by atoms with Crippen LogP contribution in [0.25, 0.3) is 5.69 Å². The molecule has 0 fully saturated rings. The maximum absolute atomic E-state index is 11.8. The summed E-state index contributed by atoms with van der Waals surface area (Å²) in [5, 5.41) is 0. The molecule has 19 heavy (non-hydrogen) atoms. The van der Waals surface area contributed by atoms with E-state index in [1.807, 2.05) is 30.5 Å². The molecule has 98 valence electrons. The first-order chi connectivity index (χ1) is 8.90. The highest BCUT2D eigenvalue weighted by Gasteiger charge is 2.09. The fraction of sp³-hybridized carbons (Fsp3) is 0.250. The SMILES string of the molecule is CC(=O)c1cn(-c2ccc(C)c(C)c2)c(C)cc1=O. The standard InChI is InChI=1S/C16H17NO2/c1-10-5-6-14(7-11(10)2)17-9-15(13(4)18)16(19)8-12(17)3/h5-9H,1-4H3. The molecule has 0 aliphatic carbocycles. The quantitative estimate of drug-likeness (QED) is 0.774. The topological polar surface area (TPSA) is 39.1 Å². The molecule has 0 atom stereocenters. The van der Waals surface area contributed by atoms with Gasteiger partial charge in [-0.1, -0.05) is 6.07 Å². The molecule has 3 nitrogen and oxygen atoms in total. The number of rotatable bonds is 2. The number of nitrogens with zero attached hydrogens (tertiary/aromatic N) is 1. The monoisotopic (exact) mass is 255 g/mol. The predicted octanol–water partition coefficient (Wildman–Crippen LogP) is 2.97.